The van der Waals surface area contributed by atoms with Crippen molar-refractivity contribution >= 4 is 29.9 Å². The fraction of sp³-hybridized carbons (Fsp3) is 0.469. The Hall–Kier alpha value is -3.25. The molecule has 2 saturated heterocycles. The lowest BCUT2D eigenvalue weighted by atomic mass is 9.72. The van der Waals surface area contributed by atoms with Gasteiger partial charge in [0.05, 0.1) is 11.8 Å². The van der Waals surface area contributed by atoms with Crippen LogP contribution in [0.2, 0.25) is 0 Å². The number of carboxylic acids is 1. The van der Waals surface area contributed by atoms with E-state index in [1.807, 2.05) is 73.7 Å². The van der Waals surface area contributed by atoms with E-state index in [2.05, 4.69) is 5.32 Å². The van der Waals surface area contributed by atoms with Gasteiger partial charge in [-0.2, -0.15) is 0 Å². The highest BCUT2D eigenvalue weighted by molar-refractivity contribution is 6.09. The predicted octanol–water partition coefficient (Wildman–Crippen LogP) is 5.70. The molecule has 4 atom stereocenters. The first kappa shape index (κ1) is 26.4. The van der Waals surface area contributed by atoms with E-state index in [0.717, 1.165) is 55.2 Å². The van der Waals surface area contributed by atoms with Crippen LogP contribution in [0.1, 0.15) is 81.0 Å². The zero-order valence-electron chi connectivity index (χ0n) is 22.1. The maximum Gasteiger partial charge on any atom is 0.324 e. The van der Waals surface area contributed by atoms with Crippen LogP contribution in [0.25, 0.3) is 12.2 Å². The van der Waals surface area contributed by atoms with Gasteiger partial charge in [-0.15, -0.1) is 0 Å². The lowest BCUT2D eigenvalue weighted by molar-refractivity contribution is -0.152. The highest BCUT2D eigenvalue weighted by Crippen LogP contribution is 2.52. The molecule has 2 aromatic carbocycles. The second-order valence-corrected chi connectivity index (χ2v) is 11.2. The first-order valence-electron chi connectivity index (χ1n) is 14.1. The number of nitrogens with one attached hydrogen (secondary N) is 1. The minimum atomic E-state index is -1.43. The number of hydrogen-bond donors (Lipinski definition) is 2. The minimum Gasteiger partial charge on any atom is -0.480 e. The summed E-state index contributed by atoms with van der Waals surface area (Å²) < 4.78 is 0. The van der Waals surface area contributed by atoms with E-state index >= 15 is 0 Å². The van der Waals surface area contributed by atoms with E-state index in [1.54, 1.807) is 0 Å². The molecule has 2 N–H and O–H groups in total. The number of imide groups is 1. The first-order chi connectivity index (χ1) is 18.4. The van der Waals surface area contributed by atoms with Crippen LogP contribution in [0.4, 0.5) is 0 Å². The molecule has 6 heteroatoms. The van der Waals surface area contributed by atoms with Gasteiger partial charge in [0.15, 0.2) is 0 Å². The van der Waals surface area contributed by atoms with Crippen molar-refractivity contribution in [2.75, 3.05) is 6.54 Å². The lowest BCUT2D eigenvalue weighted by Crippen LogP contribution is -2.56. The van der Waals surface area contributed by atoms with E-state index in [4.69, 9.17) is 0 Å². The van der Waals surface area contributed by atoms with Crippen molar-refractivity contribution in [1.82, 2.24) is 10.2 Å². The van der Waals surface area contributed by atoms with Crippen LogP contribution in [0.5, 0.6) is 0 Å². The molecule has 4 unspecified atom stereocenters. The van der Waals surface area contributed by atoms with Crippen LogP contribution in [0.15, 0.2) is 54.6 Å². The summed E-state index contributed by atoms with van der Waals surface area (Å²) in [6, 6.07) is 17.4. The van der Waals surface area contributed by atoms with Gasteiger partial charge in [0.1, 0.15) is 5.54 Å². The van der Waals surface area contributed by atoms with Crippen LogP contribution < -0.4 is 5.32 Å². The summed E-state index contributed by atoms with van der Waals surface area (Å²) in [6.45, 7) is 2.38. The number of carbonyl (C=O) groups is 3. The van der Waals surface area contributed by atoms with Crippen molar-refractivity contribution in [2.45, 2.75) is 69.9 Å². The third kappa shape index (κ3) is 4.94. The van der Waals surface area contributed by atoms with Crippen molar-refractivity contribution in [3.8, 4) is 0 Å². The number of fused-ring (bicyclic) bond motifs is 1. The van der Waals surface area contributed by atoms with Gasteiger partial charge >= 0.3 is 5.97 Å². The van der Waals surface area contributed by atoms with Gasteiger partial charge in [-0.3, -0.25) is 24.6 Å². The van der Waals surface area contributed by atoms with Crippen LogP contribution in [-0.2, 0) is 14.4 Å². The molecular weight excluding hydrogens is 476 g/mol. The minimum absolute atomic E-state index is 0.231. The standard InChI is InChI=1S/C32H38N2O4/c1-2-3-20-34-29(35)26-27(30(34)36)32(31(37)38,21-24-12-8-5-9-13-24)33-28(26)25-18-16-23(17-19-25)15-14-22-10-6-4-7-11-22/h4,6-7,10-11,14-19,24,26-28,33H,2-3,5,8-9,12-13,20-21H2,1H3,(H,37,38)/b15-14+. The van der Waals surface area contributed by atoms with E-state index < -0.39 is 29.4 Å². The predicted molar refractivity (Wildman–Crippen MR) is 148 cm³/mol. The molecular formula is C32H38N2O4. The Bertz CT molecular complexity index is 1190. The quantitative estimate of drug-likeness (QED) is 0.331. The molecule has 3 fully saturated rings. The van der Waals surface area contributed by atoms with Crippen molar-refractivity contribution in [3.63, 3.8) is 0 Å². The summed E-state index contributed by atoms with van der Waals surface area (Å²) in [6.07, 6.45) is 11.3. The molecule has 6 nitrogen and oxygen atoms in total. The average molecular weight is 515 g/mol. The smallest absolute Gasteiger partial charge is 0.324 e. The number of amides is 2. The summed E-state index contributed by atoms with van der Waals surface area (Å²) in [4.78, 5) is 41.7. The first-order valence-corrected chi connectivity index (χ1v) is 14.1. The molecule has 5 rings (SSSR count). The van der Waals surface area contributed by atoms with Crippen molar-refractivity contribution in [3.05, 3.63) is 71.3 Å². The van der Waals surface area contributed by atoms with Crippen LogP contribution >= 0.6 is 0 Å². The molecule has 0 bridgehead atoms. The van der Waals surface area contributed by atoms with Gasteiger partial charge in [0.25, 0.3) is 0 Å². The Balaban J connectivity index is 1.47. The van der Waals surface area contributed by atoms with Gasteiger partial charge in [0.2, 0.25) is 11.8 Å². The van der Waals surface area contributed by atoms with Crippen molar-refractivity contribution < 1.29 is 19.5 Å². The molecule has 0 radical (unpaired) electrons. The number of benzene rings is 2. The van der Waals surface area contributed by atoms with E-state index in [9.17, 15) is 19.5 Å². The molecule has 2 amide bonds. The third-order valence-electron chi connectivity index (χ3n) is 8.76. The monoisotopic (exact) mass is 514 g/mol. The molecule has 3 aliphatic rings. The molecule has 0 aromatic heterocycles. The number of rotatable bonds is 9. The second-order valence-electron chi connectivity index (χ2n) is 11.2. The summed E-state index contributed by atoms with van der Waals surface area (Å²) in [5, 5.41) is 14.0. The Labute approximate surface area is 225 Å². The van der Waals surface area contributed by atoms with Crippen molar-refractivity contribution in [2.24, 2.45) is 17.8 Å². The number of aliphatic carboxylic acids is 1. The molecule has 0 spiro atoms. The maximum atomic E-state index is 13.7. The molecule has 200 valence electrons. The molecule has 38 heavy (non-hydrogen) atoms. The topological polar surface area (TPSA) is 86.7 Å². The zero-order valence-corrected chi connectivity index (χ0v) is 22.1. The number of hydrogen-bond acceptors (Lipinski definition) is 4. The molecule has 1 aliphatic carbocycles. The second kappa shape index (κ2) is 11.2. The number of nitrogens with zero attached hydrogens (tertiary/aromatic N) is 1. The van der Waals surface area contributed by atoms with Crippen LogP contribution in [0, 0.1) is 17.8 Å². The summed E-state index contributed by atoms with van der Waals surface area (Å²) in [5.41, 5.74) is 1.53. The third-order valence-corrected chi connectivity index (χ3v) is 8.76. The average Bonchev–Trinajstić information content (AvgIpc) is 3.41. The maximum absolute atomic E-state index is 13.7. The normalized spacial score (nSPS) is 27.8. The fourth-order valence-electron chi connectivity index (χ4n) is 6.77. The number of carboxylic acid groups (broad SMARTS) is 1. The van der Waals surface area contributed by atoms with Crippen LogP contribution in [0.3, 0.4) is 0 Å². The lowest BCUT2D eigenvalue weighted by Gasteiger charge is -2.35. The summed E-state index contributed by atoms with van der Waals surface area (Å²) in [7, 11) is 0. The molecule has 2 aliphatic heterocycles. The Morgan fingerprint density at radius 3 is 2.26 bits per heavy atom. The number of unbranched alkanes of at least 4 members (excludes halogenated alkanes) is 1. The highest BCUT2D eigenvalue weighted by Gasteiger charge is 2.68. The van der Waals surface area contributed by atoms with Crippen molar-refractivity contribution in [1.29, 1.82) is 0 Å². The van der Waals surface area contributed by atoms with E-state index in [-0.39, 0.29) is 17.7 Å². The fourth-order valence-corrected chi connectivity index (χ4v) is 6.77. The van der Waals surface area contributed by atoms with Gasteiger partial charge in [-0.05, 0) is 35.4 Å². The Kier molecular flexibility index (Phi) is 7.80. The van der Waals surface area contributed by atoms with Crippen LogP contribution in [-0.4, -0.2) is 39.9 Å². The highest BCUT2D eigenvalue weighted by atomic mass is 16.4. The summed E-state index contributed by atoms with van der Waals surface area (Å²) in [5.74, 6) is -2.90. The molecule has 2 heterocycles. The number of carbonyl (C=O) groups excluding carboxylic acids is 2. The van der Waals surface area contributed by atoms with E-state index in [1.165, 1.54) is 11.3 Å². The largest absolute Gasteiger partial charge is 0.480 e. The summed E-state index contributed by atoms with van der Waals surface area (Å²) >= 11 is 0. The number of likely N-dealkylation sites (tertiary alicyclic amines) is 1. The van der Waals surface area contributed by atoms with Gasteiger partial charge in [-0.25, -0.2) is 0 Å². The zero-order chi connectivity index (χ0) is 26.7. The van der Waals surface area contributed by atoms with E-state index in [0.29, 0.717) is 13.0 Å². The SMILES string of the molecule is CCCCN1C(=O)C2C(c3ccc(/C=C/c4ccccc4)cc3)NC(CC3CCCCC3)(C(=O)O)C2C1=O. The van der Waals surface area contributed by atoms with Gasteiger partial charge in [0, 0.05) is 12.6 Å². The Morgan fingerprint density at radius 2 is 1.63 bits per heavy atom. The van der Waals surface area contributed by atoms with Gasteiger partial charge < -0.3 is 5.11 Å². The Morgan fingerprint density at radius 1 is 0.974 bits per heavy atom. The van der Waals surface area contributed by atoms with Gasteiger partial charge in [-0.1, -0.05) is 112 Å². The molecule has 1 saturated carbocycles. The molecule has 2 aromatic rings.